The van der Waals surface area contributed by atoms with Crippen molar-refractivity contribution in [3.63, 3.8) is 0 Å². The van der Waals surface area contributed by atoms with Crippen LogP contribution >= 0.6 is 23.2 Å². The summed E-state index contributed by atoms with van der Waals surface area (Å²) in [5.74, 6) is 1.26. The molecule has 0 aromatic carbocycles. The average molecular weight is 292 g/mol. The van der Waals surface area contributed by atoms with Crippen molar-refractivity contribution in [2.45, 2.75) is 25.7 Å². The number of aliphatic hydroxyl groups is 1. The molecule has 0 spiro atoms. The van der Waals surface area contributed by atoms with Crippen LogP contribution in [0.15, 0.2) is 6.07 Å². The summed E-state index contributed by atoms with van der Waals surface area (Å²) < 4.78 is 0. The van der Waals surface area contributed by atoms with E-state index in [0.717, 1.165) is 32.2 Å². The Labute approximate surface area is 118 Å². The summed E-state index contributed by atoms with van der Waals surface area (Å²) >= 11 is 12.0. The summed E-state index contributed by atoms with van der Waals surface area (Å²) in [5, 5.41) is 15.8. The first kappa shape index (κ1) is 15.3. The minimum atomic E-state index is 0.267. The summed E-state index contributed by atoms with van der Waals surface area (Å²) in [6.45, 7) is 1.08. The number of pyridine rings is 1. The minimum Gasteiger partial charge on any atom is -0.396 e. The van der Waals surface area contributed by atoms with Gasteiger partial charge in [0.25, 0.3) is 0 Å². The predicted octanol–water partition coefficient (Wildman–Crippen LogP) is 3.39. The SMILES string of the molecule is CNc1nc(NCCCCCCO)c(Cl)cc1Cl. The van der Waals surface area contributed by atoms with Gasteiger partial charge in [0.1, 0.15) is 11.6 Å². The number of aliphatic hydroxyl groups excluding tert-OH is 1. The van der Waals surface area contributed by atoms with Crippen molar-refractivity contribution in [1.82, 2.24) is 4.98 Å². The molecule has 0 atom stereocenters. The van der Waals surface area contributed by atoms with Gasteiger partial charge >= 0.3 is 0 Å². The van der Waals surface area contributed by atoms with E-state index in [1.54, 1.807) is 13.1 Å². The molecule has 0 aliphatic carbocycles. The lowest BCUT2D eigenvalue weighted by Crippen LogP contribution is -2.06. The number of nitrogens with zero attached hydrogens (tertiary/aromatic N) is 1. The van der Waals surface area contributed by atoms with E-state index in [9.17, 15) is 0 Å². The first-order chi connectivity index (χ1) is 8.69. The number of aromatic nitrogens is 1. The van der Waals surface area contributed by atoms with Crippen molar-refractivity contribution in [2.75, 3.05) is 30.8 Å². The number of anilines is 2. The molecular formula is C12H19Cl2N3O. The van der Waals surface area contributed by atoms with E-state index in [-0.39, 0.29) is 6.61 Å². The predicted molar refractivity (Wildman–Crippen MR) is 77.8 cm³/mol. The highest BCUT2D eigenvalue weighted by atomic mass is 35.5. The Balaban J connectivity index is 2.42. The molecule has 0 saturated heterocycles. The van der Waals surface area contributed by atoms with Crippen LogP contribution in [0, 0.1) is 0 Å². The van der Waals surface area contributed by atoms with Gasteiger partial charge in [0.2, 0.25) is 0 Å². The molecule has 18 heavy (non-hydrogen) atoms. The monoisotopic (exact) mass is 291 g/mol. The zero-order valence-corrected chi connectivity index (χ0v) is 12.0. The van der Waals surface area contributed by atoms with E-state index in [4.69, 9.17) is 28.3 Å². The largest absolute Gasteiger partial charge is 0.396 e. The van der Waals surface area contributed by atoms with Crippen molar-refractivity contribution in [3.05, 3.63) is 16.1 Å². The van der Waals surface area contributed by atoms with Crippen LogP contribution in [0.1, 0.15) is 25.7 Å². The van der Waals surface area contributed by atoms with E-state index in [1.807, 2.05) is 0 Å². The molecule has 0 aliphatic heterocycles. The van der Waals surface area contributed by atoms with Crippen LogP contribution in [-0.2, 0) is 0 Å². The Kier molecular flexibility index (Phi) is 7.16. The van der Waals surface area contributed by atoms with E-state index in [0.29, 0.717) is 21.7 Å². The first-order valence-corrected chi connectivity index (χ1v) is 6.83. The summed E-state index contributed by atoms with van der Waals surface area (Å²) in [4.78, 5) is 4.30. The lowest BCUT2D eigenvalue weighted by Gasteiger charge is -2.10. The molecule has 3 N–H and O–H groups in total. The molecule has 0 aliphatic rings. The standard InChI is InChI=1S/C12H19Cl2N3O/c1-15-11-9(13)8-10(14)12(17-11)16-6-4-2-3-5-7-18/h8,18H,2-7H2,1H3,(H2,15,16,17). The summed E-state index contributed by atoms with van der Waals surface area (Å²) in [6, 6.07) is 1.68. The van der Waals surface area contributed by atoms with Gasteiger partial charge in [0.15, 0.2) is 0 Å². The number of halogens is 2. The third-order valence-corrected chi connectivity index (χ3v) is 3.12. The van der Waals surface area contributed by atoms with Gasteiger partial charge in [-0.25, -0.2) is 4.98 Å². The molecule has 0 amide bonds. The third kappa shape index (κ3) is 4.88. The molecule has 0 fully saturated rings. The highest BCUT2D eigenvalue weighted by Crippen LogP contribution is 2.28. The maximum absolute atomic E-state index is 8.66. The fourth-order valence-electron chi connectivity index (χ4n) is 1.56. The van der Waals surface area contributed by atoms with Gasteiger partial charge in [-0.1, -0.05) is 36.0 Å². The molecule has 0 radical (unpaired) electrons. The Morgan fingerprint density at radius 1 is 1.11 bits per heavy atom. The number of unbranched alkanes of at least 4 members (excludes halogenated alkanes) is 3. The van der Waals surface area contributed by atoms with Crippen LogP contribution in [0.4, 0.5) is 11.6 Å². The van der Waals surface area contributed by atoms with Crippen LogP contribution in [0.5, 0.6) is 0 Å². The van der Waals surface area contributed by atoms with Gasteiger partial charge in [0, 0.05) is 20.2 Å². The molecule has 102 valence electrons. The number of hydrogen-bond acceptors (Lipinski definition) is 4. The van der Waals surface area contributed by atoms with Gasteiger partial charge in [-0.3, -0.25) is 0 Å². The quantitative estimate of drug-likeness (QED) is 0.643. The van der Waals surface area contributed by atoms with E-state index >= 15 is 0 Å². The van der Waals surface area contributed by atoms with Gasteiger partial charge in [-0.15, -0.1) is 0 Å². The van der Waals surface area contributed by atoms with Crippen molar-refractivity contribution in [3.8, 4) is 0 Å². The Hall–Kier alpha value is -0.710. The van der Waals surface area contributed by atoms with Crippen molar-refractivity contribution < 1.29 is 5.11 Å². The molecule has 1 rings (SSSR count). The fraction of sp³-hybridized carbons (Fsp3) is 0.583. The van der Waals surface area contributed by atoms with Crippen molar-refractivity contribution in [2.24, 2.45) is 0 Å². The lowest BCUT2D eigenvalue weighted by atomic mass is 10.2. The highest BCUT2D eigenvalue weighted by molar-refractivity contribution is 6.37. The van der Waals surface area contributed by atoms with E-state index in [2.05, 4.69) is 15.6 Å². The molecule has 1 aromatic heterocycles. The zero-order chi connectivity index (χ0) is 13.4. The second-order valence-corrected chi connectivity index (χ2v) is 4.78. The third-order valence-electron chi connectivity index (χ3n) is 2.54. The van der Waals surface area contributed by atoms with E-state index < -0.39 is 0 Å². The van der Waals surface area contributed by atoms with E-state index in [1.165, 1.54) is 0 Å². The normalized spacial score (nSPS) is 10.4. The maximum Gasteiger partial charge on any atom is 0.147 e. The zero-order valence-electron chi connectivity index (χ0n) is 10.5. The average Bonchev–Trinajstić information content (AvgIpc) is 2.36. The van der Waals surface area contributed by atoms with Gasteiger partial charge in [0.05, 0.1) is 10.0 Å². The molecule has 1 aromatic rings. The first-order valence-electron chi connectivity index (χ1n) is 6.07. The summed E-state index contributed by atoms with van der Waals surface area (Å²) in [6.07, 6.45) is 4.01. The Bertz CT molecular complexity index is 375. The molecule has 6 heteroatoms. The molecule has 0 unspecified atom stereocenters. The second kappa shape index (κ2) is 8.40. The Morgan fingerprint density at radius 2 is 1.78 bits per heavy atom. The number of nitrogens with one attached hydrogen (secondary N) is 2. The molecule has 0 saturated carbocycles. The minimum absolute atomic E-state index is 0.267. The lowest BCUT2D eigenvalue weighted by molar-refractivity contribution is 0.283. The number of rotatable bonds is 8. The van der Waals surface area contributed by atoms with Crippen LogP contribution in [0.2, 0.25) is 10.0 Å². The van der Waals surface area contributed by atoms with Gasteiger partial charge in [-0.2, -0.15) is 0 Å². The summed E-state index contributed by atoms with van der Waals surface area (Å²) in [5.41, 5.74) is 0. The topological polar surface area (TPSA) is 57.2 Å². The van der Waals surface area contributed by atoms with Gasteiger partial charge < -0.3 is 15.7 Å². The molecule has 0 bridgehead atoms. The number of hydrogen-bond donors (Lipinski definition) is 3. The molecule has 4 nitrogen and oxygen atoms in total. The maximum atomic E-state index is 8.66. The van der Waals surface area contributed by atoms with Crippen LogP contribution in [-0.4, -0.2) is 30.3 Å². The van der Waals surface area contributed by atoms with Crippen LogP contribution < -0.4 is 10.6 Å². The highest BCUT2D eigenvalue weighted by Gasteiger charge is 2.07. The van der Waals surface area contributed by atoms with Crippen LogP contribution in [0.25, 0.3) is 0 Å². The second-order valence-electron chi connectivity index (χ2n) is 3.96. The van der Waals surface area contributed by atoms with Crippen molar-refractivity contribution >= 4 is 34.8 Å². The van der Waals surface area contributed by atoms with Gasteiger partial charge in [-0.05, 0) is 18.9 Å². The summed E-state index contributed by atoms with van der Waals surface area (Å²) in [7, 11) is 1.76. The van der Waals surface area contributed by atoms with Crippen molar-refractivity contribution in [1.29, 1.82) is 0 Å². The Morgan fingerprint density at radius 3 is 2.44 bits per heavy atom. The molecular weight excluding hydrogens is 273 g/mol. The molecule has 1 heterocycles. The fourth-order valence-corrected chi connectivity index (χ4v) is 2.08. The smallest absolute Gasteiger partial charge is 0.147 e. The van der Waals surface area contributed by atoms with Crippen LogP contribution in [0.3, 0.4) is 0 Å².